The van der Waals surface area contributed by atoms with E-state index in [-0.39, 0.29) is 5.54 Å². The minimum atomic E-state index is -0.556. The van der Waals surface area contributed by atoms with Gasteiger partial charge < -0.3 is 10.8 Å². The van der Waals surface area contributed by atoms with E-state index in [1.807, 2.05) is 0 Å². The maximum absolute atomic E-state index is 10.8. The fraction of sp³-hybridized carbons (Fsp3) is 1.00. The van der Waals surface area contributed by atoms with Crippen molar-refractivity contribution in [1.29, 1.82) is 0 Å². The molecule has 3 atom stereocenters. The lowest BCUT2D eigenvalue weighted by atomic mass is 9.68. The second-order valence-corrected chi connectivity index (χ2v) is 5.37. The normalized spacial score (nSPS) is 42.0. The highest BCUT2D eigenvalue weighted by Gasteiger charge is 2.58. The molecule has 0 spiro atoms. The zero-order valence-electron chi connectivity index (χ0n) is 9.42. The maximum atomic E-state index is 10.8. The number of fused-ring (bicyclic) bond motifs is 2. The van der Waals surface area contributed by atoms with Crippen molar-refractivity contribution in [3.05, 3.63) is 0 Å². The summed E-state index contributed by atoms with van der Waals surface area (Å²) in [6.07, 6.45) is 6.47. The average Bonchev–Trinajstić information content (AvgIpc) is 2.76. The van der Waals surface area contributed by atoms with Crippen LogP contribution in [0, 0.1) is 11.8 Å². The quantitative estimate of drug-likeness (QED) is 0.727. The minimum absolute atomic E-state index is 0.340. The molecule has 82 valence electrons. The number of nitrogens with two attached hydrogens (primary N) is 1. The second kappa shape index (κ2) is 3.21. The largest absolute Gasteiger partial charge is 0.388 e. The third kappa shape index (κ3) is 1.17. The van der Waals surface area contributed by atoms with Crippen LogP contribution in [0.1, 0.15) is 52.4 Å². The molecule has 2 aliphatic rings. The minimum Gasteiger partial charge on any atom is -0.388 e. The number of rotatable bonds is 3. The van der Waals surface area contributed by atoms with Crippen molar-refractivity contribution in [1.82, 2.24) is 0 Å². The summed E-state index contributed by atoms with van der Waals surface area (Å²) in [6.45, 7) is 4.21. The maximum Gasteiger partial charge on any atom is 0.0856 e. The Bertz CT molecular complexity index is 224. The van der Waals surface area contributed by atoms with Gasteiger partial charge in [-0.3, -0.25) is 0 Å². The van der Waals surface area contributed by atoms with E-state index in [1.54, 1.807) is 0 Å². The van der Waals surface area contributed by atoms with E-state index in [2.05, 4.69) is 13.8 Å². The van der Waals surface area contributed by atoms with Gasteiger partial charge in [-0.05, 0) is 50.4 Å². The van der Waals surface area contributed by atoms with Gasteiger partial charge in [0.2, 0.25) is 0 Å². The first-order chi connectivity index (χ1) is 6.55. The molecule has 14 heavy (non-hydrogen) atoms. The van der Waals surface area contributed by atoms with Gasteiger partial charge in [-0.15, -0.1) is 0 Å². The summed E-state index contributed by atoms with van der Waals surface area (Å²) < 4.78 is 0. The van der Waals surface area contributed by atoms with Crippen LogP contribution in [-0.4, -0.2) is 16.2 Å². The fourth-order valence-electron chi connectivity index (χ4n) is 3.77. The van der Waals surface area contributed by atoms with Gasteiger partial charge in [0, 0.05) is 5.54 Å². The Labute approximate surface area is 86.9 Å². The predicted molar refractivity (Wildman–Crippen MR) is 57.9 cm³/mol. The first kappa shape index (κ1) is 10.4. The van der Waals surface area contributed by atoms with Crippen molar-refractivity contribution in [2.24, 2.45) is 17.6 Å². The Morgan fingerprint density at radius 2 is 2.00 bits per heavy atom. The Hall–Kier alpha value is -0.0800. The van der Waals surface area contributed by atoms with E-state index in [9.17, 15) is 5.11 Å². The van der Waals surface area contributed by atoms with Crippen molar-refractivity contribution in [3.8, 4) is 0 Å². The summed E-state index contributed by atoms with van der Waals surface area (Å²) in [5, 5.41) is 10.8. The van der Waals surface area contributed by atoms with Crippen LogP contribution in [0.15, 0.2) is 0 Å². The Kier molecular flexibility index (Phi) is 2.39. The van der Waals surface area contributed by atoms with Crippen molar-refractivity contribution in [3.63, 3.8) is 0 Å². The molecule has 2 nitrogen and oxygen atoms in total. The summed E-state index contributed by atoms with van der Waals surface area (Å²) in [4.78, 5) is 0. The number of aliphatic hydroxyl groups is 1. The van der Waals surface area contributed by atoms with Gasteiger partial charge in [0.1, 0.15) is 0 Å². The summed E-state index contributed by atoms with van der Waals surface area (Å²) >= 11 is 0. The average molecular weight is 197 g/mol. The van der Waals surface area contributed by atoms with E-state index in [0.29, 0.717) is 5.92 Å². The van der Waals surface area contributed by atoms with E-state index < -0.39 is 5.60 Å². The Morgan fingerprint density at radius 1 is 1.36 bits per heavy atom. The molecule has 0 radical (unpaired) electrons. The van der Waals surface area contributed by atoms with Gasteiger partial charge in [-0.25, -0.2) is 0 Å². The van der Waals surface area contributed by atoms with Crippen LogP contribution in [0.4, 0.5) is 0 Å². The van der Waals surface area contributed by atoms with Crippen LogP contribution in [0.25, 0.3) is 0 Å². The van der Waals surface area contributed by atoms with Gasteiger partial charge in [-0.2, -0.15) is 0 Å². The van der Waals surface area contributed by atoms with E-state index in [0.717, 1.165) is 25.2 Å². The van der Waals surface area contributed by atoms with Crippen molar-refractivity contribution >= 4 is 0 Å². The van der Waals surface area contributed by atoms with Crippen LogP contribution in [0.5, 0.6) is 0 Å². The van der Waals surface area contributed by atoms with Gasteiger partial charge in [0.05, 0.1) is 5.60 Å². The first-order valence-electron chi connectivity index (χ1n) is 6.07. The zero-order chi connectivity index (χ0) is 10.4. The number of hydrogen-bond acceptors (Lipinski definition) is 2. The Balaban J connectivity index is 2.23. The zero-order valence-corrected chi connectivity index (χ0v) is 9.42. The van der Waals surface area contributed by atoms with Crippen LogP contribution in [0.3, 0.4) is 0 Å². The molecule has 0 aromatic heterocycles. The summed E-state index contributed by atoms with van der Waals surface area (Å²) in [5.74, 6) is 1.24. The molecule has 2 bridgehead atoms. The molecule has 2 heteroatoms. The molecule has 3 unspecified atom stereocenters. The topological polar surface area (TPSA) is 46.2 Å². The van der Waals surface area contributed by atoms with Crippen molar-refractivity contribution in [2.75, 3.05) is 0 Å². The van der Waals surface area contributed by atoms with Crippen LogP contribution in [-0.2, 0) is 0 Å². The molecule has 2 rings (SSSR count). The molecular weight excluding hydrogens is 174 g/mol. The second-order valence-electron chi connectivity index (χ2n) is 5.37. The van der Waals surface area contributed by atoms with Gasteiger partial charge >= 0.3 is 0 Å². The summed E-state index contributed by atoms with van der Waals surface area (Å²) in [5.41, 5.74) is 5.48. The first-order valence-corrected chi connectivity index (χ1v) is 6.07. The SMILES string of the molecule is CCC(N)(CC)C1(O)CC2CCC1C2. The summed E-state index contributed by atoms with van der Waals surface area (Å²) in [6, 6.07) is 0. The molecule has 0 heterocycles. The molecule has 3 N–H and O–H groups in total. The Morgan fingerprint density at radius 3 is 2.36 bits per heavy atom. The van der Waals surface area contributed by atoms with E-state index in [4.69, 9.17) is 5.73 Å². The van der Waals surface area contributed by atoms with Gasteiger partial charge in [-0.1, -0.05) is 13.8 Å². The molecule has 2 saturated carbocycles. The van der Waals surface area contributed by atoms with E-state index in [1.165, 1.54) is 19.3 Å². The molecule has 2 aliphatic carbocycles. The molecule has 0 aliphatic heterocycles. The predicted octanol–water partition coefficient (Wildman–Crippen LogP) is 2.05. The third-order valence-electron chi connectivity index (χ3n) is 4.94. The van der Waals surface area contributed by atoms with Gasteiger partial charge in [0.15, 0.2) is 0 Å². The lowest BCUT2D eigenvalue weighted by molar-refractivity contribution is -0.0826. The molecule has 2 fully saturated rings. The molecule has 0 saturated heterocycles. The third-order valence-corrected chi connectivity index (χ3v) is 4.94. The monoisotopic (exact) mass is 197 g/mol. The molecule has 0 aromatic rings. The summed E-state index contributed by atoms with van der Waals surface area (Å²) in [7, 11) is 0. The molecular formula is C12H23NO. The highest BCUT2D eigenvalue weighted by Crippen LogP contribution is 2.55. The smallest absolute Gasteiger partial charge is 0.0856 e. The standard InChI is InChI=1S/C12H23NO/c1-3-11(13,4-2)12(14)8-9-5-6-10(12)7-9/h9-10,14H,3-8,13H2,1-2H3. The van der Waals surface area contributed by atoms with Crippen molar-refractivity contribution in [2.45, 2.75) is 63.5 Å². The van der Waals surface area contributed by atoms with Crippen LogP contribution >= 0.6 is 0 Å². The highest BCUT2D eigenvalue weighted by atomic mass is 16.3. The van der Waals surface area contributed by atoms with E-state index >= 15 is 0 Å². The molecule has 0 amide bonds. The van der Waals surface area contributed by atoms with Crippen molar-refractivity contribution < 1.29 is 5.11 Å². The number of hydrogen-bond donors (Lipinski definition) is 2. The lowest BCUT2D eigenvalue weighted by Crippen LogP contribution is -2.62. The lowest BCUT2D eigenvalue weighted by Gasteiger charge is -2.47. The molecule has 0 aromatic carbocycles. The fourth-order valence-corrected chi connectivity index (χ4v) is 3.77. The highest BCUT2D eigenvalue weighted by molar-refractivity contribution is 5.13. The van der Waals surface area contributed by atoms with Gasteiger partial charge in [0.25, 0.3) is 0 Å². The van der Waals surface area contributed by atoms with Crippen LogP contribution in [0.2, 0.25) is 0 Å². The van der Waals surface area contributed by atoms with Crippen LogP contribution < -0.4 is 5.73 Å².